The molecular weight excluding hydrogens is 285 g/mol. The van der Waals surface area contributed by atoms with Crippen LogP contribution in [0.3, 0.4) is 0 Å². The molecule has 1 aromatic rings. The van der Waals surface area contributed by atoms with Gasteiger partial charge in [0, 0.05) is 18.7 Å². The molecule has 7 nitrogen and oxygen atoms in total. The molecule has 2 heterocycles. The van der Waals surface area contributed by atoms with Crippen molar-refractivity contribution < 1.29 is 27.8 Å². The molecular formula is C10H11F3N2O5. The zero-order valence-electron chi connectivity index (χ0n) is 9.96. The largest absolute Gasteiger partial charge is 0.522 e. The summed E-state index contributed by atoms with van der Waals surface area (Å²) in [6.45, 7) is -0.876. The monoisotopic (exact) mass is 296 g/mol. The summed E-state index contributed by atoms with van der Waals surface area (Å²) in [6, 6.07) is 1.07. The summed E-state index contributed by atoms with van der Waals surface area (Å²) in [7, 11) is 0. The van der Waals surface area contributed by atoms with E-state index < -0.39 is 42.7 Å². The van der Waals surface area contributed by atoms with Crippen LogP contribution in [-0.2, 0) is 9.47 Å². The van der Waals surface area contributed by atoms with Gasteiger partial charge in [0.05, 0.1) is 12.7 Å². The third kappa shape index (κ3) is 3.46. The van der Waals surface area contributed by atoms with Crippen molar-refractivity contribution in [2.75, 3.05) is 6.61 Å². The number of H-pyrrole nitrogens is 1. The number of halogens is 3. The minimum atomic E-state index is -4.82. The summed E-state index contributed by atoms with van der Waals surface area (Å²) in [5.41, 5.74) is -1.38. The second-order valence-electron chi connectivity index (χ2n) is 4.21. The lowest BCUT2D eigenvalue weighted by molar-refractivity contribution is -0.333. The first kappa shape index (κ1) is 14.8. The molecule has 1 fully saturated rings. The highest BCUT2D eigenvalue weighted by Crippen LogP contribution is 2.29. The summed E-state index contributed by atoms with van der Waals surface area (Å²) in [4.78, 5) is 24.4. The summed E-state index contributed by atoms with van der Waals surface area (Å²) in [6.07, 6.45) is -7.14. The van der Waals surface area contributed by atoms with Crippen LogP contribution in [0.25, 0.3) is 0 Å². The van der Waals surface area contributed by atoms with Gasteiger partial charge in [-0.05, 0) is 0 Å². The first-order valence-corrected chi connectivity index (χ1v) is 5.62. The molecule has 0 bridgehead atoms. The molecule has 2 N–H and O–H groups in total. The molecule has 1 saturated heterocycles. The molecule has 0 saturated carbocycles. The van der Waals surface area contributed by atoms with Gasteiger partial charge in [-0.25, -0.2) is 4.79 Å². The number of hydrogen-bond donors (Lipinski definition) is 2. The summed E-state index contributed by atoms with van der Waals surface area (Å²) >= 11 is 0. The van der Waals surface area contributed by atoms with Crippen LogP contribution in [0.1, 0.15) is 12.6 Å². The smallest absolute Gasteiger partial charge is 0.390 e. The van der Waals surface area contributed by atoms with E-state index in [2.05, 4.69) is 4.74 Å². The van der Waals surface area contributed by atoms with Gasteiger partial charge in [-0.1, -0.05) is 0 Å². The van der Waals surface area contributed by atoms with Gasteiger partial charge in [-0.3, -0.25) is 19.1 Å². The summed E-state index contributed by atoms with van der Waals surface area (Å²) in [5, 5.41) is 9.60. The molecule has 0 unspecified atom stereocenters. The third-order valence-corrected chi connectivity index (χ3v) is 2.78. The Morgan fingerprint density at radius 3 is 2.80 bits per heavy atom. The zero-order valence-corrected chi connectivity index (χ0v) is 9.96. The molecule has 0 aliphatic carbocycles. The van der Waals surface area contributed by atoms with Crippen molar-refractivity contribution in [3.05, 3.63) is 33.1 Å². The Hall–Kier alpha value is -1.65. The number of aromatic nitrogens is 2. The maximum Gasteiger partial charge on any atom is 0.522 e. The molecule has 10 heteroatoms. The van der Waals surface area contributed by atoms with E-state index in [-0.39, 0.29) is 6.42 Å². The van der Waals surface area contributed by atoms with Gasteiger partial charge >= 0.3 is 12.1 Å². The van der Waals surface area contributed by atoms with Crippen LogP contribution >= 0.6 is 0 Å². The second kappa shape index (κ2) is 5.38. The van der Waals surface area contributed by atoms with E-state index in [4.69, 9.17) is 4.74 Å². The fourth-order valence-electron chi connectivity index (χ4n) is 1.87. The van der Waals surface area contributed by atoms with Crippen molar-refractivity contribution in [2.45, 2.75) is 31.2 Å². The number of aromatic amines is 1. The number of alkyl halides is 3. The highest BCUT2D eigenvalue weighted by molar-refractivity contribution is 4.88. The van der Waals surface area contributed by atoms with Crippen LogP contribution in [0.5, 0.6) is 0 Å². The van der Waals surface area contributed by atoms with E-state index in [1.54, 1.807) is 0 Å². The van der Waals surface area contributed by atoms with Crippen LogP contribution in [0.4, 0.5) is 13.2 Å². The van der Waals surface area contributed by atoms with E-state index in [1.165, 1.54) is 0 Å². The molecule has 0 spiro atoms. The molecule has 0 amide bonds. The van der Waals surface area contributed by atoms with Crippen molar-refractivity contribution in [1.29, 1.82) is 0 Å². The van der Waals surface area contributed by atoms with Gasteiger partial charge in [0.1, 0.15) is 12.3 Å². The van der Waals surface area contributed by atoms with Crippen LogP contribution in [0, 0.1) is 0 Å². The number of hydrogen-bond acceptors (Lipinski definition) is 5. The van der Waals surface area contributed by atoms with Gasteiger partial charge in [0.2, 0.25) is 0 Å². The van der Waals surface area contributed by atoms with Gasteiger partial charge in [-0.2, -0.15) is 0 Å². The summed E-state index contributed by atoms with van der Waals surface area (Å²) < 4.78 is 45.4. The average molecular weight is 296 g/mol. The number of nitrogens with one attached hydrogen (secondary N) is 1. The molecule has 0 aromatic carbocycles. The molecule has 112 valence electrons. The van der Waals surface area contributed by atoms with E-state index in [1.807, 2.05) is 4.98 Å². The predicted octanol–water partition coefficient (Wildman–Crippen LogP) is -0.279. The average Bonchev–Trinajstić information content (AvgIpc) is 2.67. The number of nitrogens with zero attached hydrogens (tertiary/aromatic N) is 1. The van der Waals surface area contributed by atoms with Crippen LogP contribution in [-0.4, -0.2) is 39.8 Å². The number of aliphatic hydroxyl groups is 1. The van der Waals surface area contributed by atoms with Gasteiger partial charge < -0.3 is 9.84 Å². The second-order valence-corrected chi connectivity index (χ2v) is 4.21. The van der Waals surface area contributed by atoms with Crippen LogP contribution in [0.2, 0.25) is 0 Å². The van der Waals surface area contributed by atoms with E-state index in [0.29, 0.717) is 0 Å². The number of aliphatic hydroxyl groups excluding tert-OH is 1. The van der Waals surface area contributed by atoms with Crippen molar-refractivity contribution in [2.24, 2.45) is 0 Å². The minimum Gasteiger partial charge on any atom is -0.390 e. The highest BCUT2D eigenvalue weighted by atomic mass is 19.4. The van der Waals surface area contributed by atoms with Crippen molar-refractivity contribution in [1.82, 2.24) is 9.55 Å². The predicted molar refractivity (Wildman–Crippen MR) is 57.9 cm³/mol. The lowest BCUT2D eigenvalue weighted by Gasteiger charge is -2.16. The van der Waals surface area contributed by atoms with E-state index in [9.17, 15) is 27.9 Å². The fourth-order valence-corrected chi connectivity index (χ4v) is 1.87. The first-order chi connectivity index (χ1) is 9.26. The maximum absolute atomic E-state index is 11.9. The van der Waals surface area contributed by atoms with Gasteiger partial charge in [0.15, 0.2) is 0 Å². The third-order valence-electron chi connectivity index (χ3n) is 2.78. The Bertz CT molecular complexity index is 581. The topological polar surface area (TPSA) is 93.6 Å². The molecule has 2 rings (SSSR count). The van der Waals surface area contributed by atoms with E-state index >= 15 is 0 Å². The standard InChI is InChI=1S/C10H11F3N2O5/c11-10(12,13)19-4-6-5(16)3-8(20-6)15-2-1-7(17)14-9(15)18/h1-2,5-6,8,16H,3-4H2,(H,14,17,18)/t5-,6+,8+/m0/s1. The minimum absolute atomic E-state index is 0.0855. The fraction of sp³-hybridized carbons (Fsp3) is 0.600. The van der Waals surface area contributed by atoms with Gasteiger partial charge in [0.25, 0.3) is 5.56 Å². The quantitative estimate of drug-likeness (QED) is 0.800. The molecule has 1 aliphatic rings. The SMILES string of the molecule is O=c1ccn([C@H]2C[C@H](O)[C@@H](COC(F)(F)F)O2)c(=O)[nH]1. The molecule has 3 atom stereocenters. The number of ether oxygens (including phenoxy) is 2. The van der Waals surface area contributed by atoms with Crippen molar-refractivity contribution in [3.63, 3.8) is 0 Å². The van der Waals surface area contributed by atoms with Crippen LogP contribution < -0.4 is 11.2 Å². The zero-order chi connectivity index (χ0) is 14.9. The van der Waals surface area contributed by atoms with E-state index in [0.717, 1.165) is 16.8 Å². The van der Waals surface area contributed by atoms with Crippen molar-refractivity contribution in [3.8, 4) is 0 Å². The van der Waals surface area contributed by atoms with Crippen LogP contribution in [0.15, 0.2) is 21.9 Å². The molecule has 1 aromatic heterocycles. The Balaban J connectivity index is 2.06. The Labute approximate surface area is 109 Å². The highest BCUT2D eigenvalue weighted by Gasteiger charge is 2.39. The Morgan fingerprint density at radius 2 is 2.20 bits per heavy atom. The lowest BCUT2D eigenvalue weighted by atomic mass is 10.2. The number of rotatable bonds is 3. The Morgan fingerprint density at radius 1 is 1.50 bits per heavy atom. The van der Waals surface area contributed by atoms with Gasteiger partial charge in [-0.15, -0.1) is 13.2 Å². The maximum atomic E-state index is 11.9. The normalized spacial score (nSPS) is 26.9. The molecule has 20 heavy (non-hydrogen) atoms. The van der Waals surface area contributed by atoms with Crippen molar-refractivity contribution >= 4 is 0 Å². The summed E-state index contributed by atoms with van der Waals surface area (Å²) in [5.74, 6) is 0. The molecule has 1 aliphatic heterocycles. The Kier molecular flexibility index (Phi) is 3.97. The lowest BCUT2D eigenvalue weighted by Crippen LogP contribution is -2.32. The molecule has 0 radical (unpaired) electrons. The first-order valence-electron chi connectivity index (χ1n) is 5.62.